The number of hydrogen-bond donors (Lipinski definition) is 4. The first-order valence-electron chi connectivity index (χ1n) is 5.97. The Labute approximate surface area is 124 Å². The molecule has 0 aliphatic carbocycles. The molecule has 0 aliphatic rings. The normalized spacial score (nSPS) is 9.32. The van der Waals surface area contributed by atoms with Crippen molar-refractivity contribution in [2.24, 2.45) is 0 Å². The van der Waals surface area contributed by atoms with Crippen LogP contribution in [-0.2, 0) is 6.42 Å². The Hall–Kier alpha value is -1.66. The van der Waals surface area contributed by atoms with Crippen LogP contribution in [0, 0.1) is 0 Å². The minimum atomic E-state index is 0.462. The highest BCUT2D eigenvalue weighted by Crippen LogP contribution is 2.14. The van der Waals surface area contributed by atoms with Crippen LogP contribution in [0.3, 0.4) is 0 Å². The largest absolute Gasteiger partial charge is 0.358 e. The number of anilines is 1. The highest BCUT2D eigenvalue weighted by molar-refractivity contribution is 7.80. The molecule has 0 heterocycles. The van der Waals surface area contributed by atoms with E-state index in [4.69, 9.17) is 24.4 Å². The van der Waals surface area contributed by atoms with Gasteiger partial charge in [-0.15, -0.1) is 6.58 Å². The smallest absolute Gasteiger partial charge is 0.189 e. The highest BCUT2D eigenvalue weighted by atomic mass is 32.1. The van der Waals surface area contributed by atoms with Crippen LogP contribution in [0.4, 0.5) is 5.69 Å². The predicted molar refractivity (Wildman–Crippen MR) is 89.1 cm³/mol. The number of hydrogen-bond acceptors (Lipinski definition) is 2. The molecule has 0 bridgehead atoms. The Morgan fingerprint density at radius 1 is 1.21 bits per heavy atom. The summed E-state index contributed by atoms with van der Waals surface area (Å²) in [6.45, 7) is 6.30. The summed E-state index contributed by atoms with van der Waals surface area (Å²) < 4.78 is 0. The minimum absolute atomic E-state index is 0.462. The Balaban J connectivity index is 2.42. The van der Waals surface area contributed by atoms with Gasteiger partial charge in [0, 0.05) is 12.2 Å². The zero-order valence-electron chi connectivity index (χ0n) is 10.8. The van der Waals surface area contributed by atoms with Gasteiger partial charge in [-0.1, -0.05) is 31.2 Å². The fourth-order valence-electron chi connectivity index (χ4n) is 1.43. The van der Waals surface area contributed by atoms with E-state index in [2.05, 4.69) is 41.1 Å². The molecule has 0 radical (unpaired) electrons. The van der Waals surface area contributed by atoms with Crippen molar-refractivity contribution in [2.45, 2.75) is 13.3 Å². The van der Waals surface area contributed by atoms with Gasteiger partial charge in [0.2, 0.25) is 0 Å². The molecule has 0 amide bonds. The Bertz CT molecular complexity index is 460. The van der Waals surface area contributed by atoms with Gasteiger partial charge in [0.1, 0.15) is 0 Å². The van der Waals surface area contributed by atoms with Crippen LogP contribution in [0.25, 0.3) is 0 Å². The van der Waals surface area contributed by atoms with Gasteiger partial charge in [-0.3, -0.25) is 10.9 Å². The molecule has 0 spiro atoms. The zero-order chi connectivity index (χ0) is 14.1. The SMILES string of the molecule is C=CCNC(=S)NNC(=S)Nc1ccccc1CC. The number of rotatable bonds is 4. The van der Waals surface area contributed by atoms with E-state index in [0.29, 0.717) is 16.8 Å². The summed E-state index contributed by atoms with van der Waals surface area (Å²) in [7, 11) is 0. The lowest BCUT2D eigenvalue weighted by molar-refractivity contribution is 0.839. The molecule has 0 saturated heterocycles. The molecule has 4 nitrogen and oxygen atoms in total. The van der Waals surface area contributed by atoms with Gasteiger partial charge in [0.25, 0.3) is 0 Å². The summed E-state index contributed by atoms with van der Waals surface area (Å²) in [5, 5.41) is 6.98. The first-order valence-corrected chi connectivity index (χ1v) is 6.78. The van der Waals surface area contributed by atoms with Crippen LogP contribution in [0.2, 0.25) is 0 Å². The van der Waals surface area contributed by atoms with Crippen molar-refractivity contribution in [3.63, 3.8) is 0 Å². The summed E-state index contributed by atoms with van der Waals surface area (Å²) >= 11 is 10.2. The van der Waals surface area contributed by atoms with E-state index in [1.54, 1.807) is 6.08 Å². The van der Waals surface area contributed by atoms with Crippen LogP contribution in [0.1, 0.15) is 12.5 Å². The molecule has 1 rings (SSSR count). The first-order chi connectivity index (χ1) is 9.17. The van der Waals surface area contributed by atoms with E-state index < -0.39 is 0 Å². The third-order valence-corrected chi connectivity index (χ3v) is 2.79. The number of para-hydroxylation sites is 1. The molecule has 102 valence electrons. The van der Waals surface area contributed by atoms with Crippen molar-refractivity contribution in [1.82, 2.24) is 16.2 Å². The molecule has 1 aromatic carbocycles. The van der Waals surface area contributed by atoms with E-state index in [1.807, 2.05) is 18.2 Å². The van der Waals surface area contributed by atoms with Crippen LogP contribution in [0.15, 0.2) is 36.9 Å². The number of thiocarbonyl (C=S) groups is 2. The molecule has 0 fully saturated rings. The fraction of sp³-hybridized carbons (Fsp3) is 0.231. The Morgan fingerprint density at radius 2 is 1.89 bits per heavy atom. The third kappa shape index (κ3) is 5.67. The number of aryl methyl sites for hydroxylation is 1. The maximum atomic E-state index is 5.18. The first kappa shape index (κ1) is 15.4. The molecule has 19 heavy (non-hydrogen) atoms. The number of hydrazine groups is 1. The van der Waals surface area contributed by atoms with Gasteiger partial charge in [0.15, 0.2) is 10.2 Å². The van der Waals surface area contributed by atoms with Crippen molar-refractivity contribution in [3.8, 4) is 0 Å². The van der Waals surface area contributed by atoms with Gasteiger partial charge in [0.05, 0.1) is 0 Å². The molecule has 0 saturated carbocycles. The summed E-state index contributed by atoms with van der Waals surface area (Å²) in [6.07, 6.45) is 2.67. The van der Waals surface area contributed by atoms with Gasteiger partial charge in [-0.2, -0.15) is 0 Å². The molecule has 0 atom stereocenters. The maximum absolute atomic E-state index is 5.18. The Kier molecular flexibility index (Phi) is 6.84. The van der Waals surface area contributed by atoms with E-state index in [-0.39, 0.29) is 0 Å². The van der Waals surface area contributed by atoms with Crippen LogP contribution >= 0.6 is 24.4 Å². The van der Waals surface area contributed by atoms with Crippen molar-refractivity contribution in [2.75, 3.05) is 11.9 Å². The van der Waals surface area contributed by atoms with E-state index in [9.17, 15) is 0 Å². The molecule has 4 N–H and O–H groups in total. The lowest BCUT2D eigenvalue weighted by Crippen LogP contribution is -2.48. The zero-order valence-corrected chi connectivity index (χ0v) is 12.5. The van der Waals surface area contributed by atoms with Crippen LogP contribution in [-0.4, -0.2) is 16.8 Å². The standard InChI is InChI=1S/C13H18N4S2/c1-3-9-14-12(18)16-17-13(19)15-11-8-6-5-7-10(11)4-2/h3,5-8H,1,4,9H2,2H3,(H2,14,16,18)(H2,15,17,19). The van der Waals surface area contributed by atoms with Gasteiger partial charge in [-0.05, 0) is 42.5 Å². The Morgan fingerprint density at radius 3 is 2.58 bits per heavy atom. The lowest BCUT2D eigenvalue weighted by Gasteiger charge is -2.15. The summed E-state index contributed by atoms with van der Waals surface area (Å²) in [5.41, 5.74) is 7.82. The second kappa shape index (κ2) is 8.44. The number of nitrogens with one attached hydrogen (secondary N) is 4. The average Bonchev–Trinajstić information content (AvgIpc) is 2.43. The maximum Gasteiger partial charge on any atom is 0.189 e. The molecular weight excluding hydrogens is 276 g/mol. The molecule has 0 unspecified atom stereocenters. The average molecular weight is 294 g/mol. The molecular formula is C13H18N4S2. The van der Waals surface area contributed by atoms with Crippen LogP contribution < -0.4 is 21.5 Å². The van der Waals surface area contributed by atoms with E-state index in [0.717, 1.165) is 12.1 Å². The summed E-state index contributed by atoms with van der Waals surface area (Å²) in [4.78, 5) is 0. The minimum Gasteiger partial charge on any atom is -0.358 e. The second-order valence-electron chi connectivity index (χ2n) is 3.71. The summed E-state index contributed by atoms with van der Waals surface area (Å²) in [5.74, 6) is 0. The molecule has 6 heteroatoms. The molecule has 0 aliphatic heterocycles. The van der Waals surface area contributed by atoms with Gasteiger partial charge < -0.3 is 10.6 Å². The fourth-order valence-corrected chi connectivity index (χ4v) is 1.72. The van der Waals surface area contributed by atoms with Gasteiger partial charge in [-0.25, -0.2) is 0 Å². The monoisotopic (exact) mass is 294 g/mol. The summed E-state index contributed by atoms with van der Waals surface area (Å²) in [6, 6.07) is 8.02. The van der Waals surface area contributed by atoms with Crippen molar-refractivity contribution in [3.05, 3.63) is 42.5 Å². The topological polar surface area (TPSA) is 48.1 Å². The van der Waals surface area contributed by atoms with Gasteiger partial charge >= 0.3 is 0 Å². The van der Waals surface area contributed by atoms with E-state index >= 15 is 0 Å². The molecule has 1 aromatic rings. The van der Waals surface area contributed by atoms with Crippen molar-refractivity contribution < 1.29 is 0 Å². The van der Waals surface area contributed by atoms with Crippen molar-refractivity contribution >= 4 is 40.3 Å². The third-order valence-electron chi connectivity index (χ3n) is 2.34. The lowest BCUT2D eigenvalue weighted by atomic mass is 10.1. The van der Waals surface area contributed by atoms with E-state index in [1.165, 1.54) is 5.56 Å². The number of benzene rings is 1. The molecule has 0 aromatic heterocycles. The second-order valence-corrected chi connectivity index (χ2v) is 4.53. The highest BCUT2D eigenvalue weighted by Gasteiger charge is 2.02. The van der Waals surface area contributed by atoms with Crippen molar-refractivity contribution in [1.29, 1.82) is 0 Å². The quantitative estimate of drug-likeness (QED) is 0.388. The van der Waals surface area contributed by atoms with Crippen LogP contribution in [0.5, 0.6) is 0 Å². The predicted octanol–water partition coefficient (Wildman–Crippen LogP) is 2.10.